The molecule has 2 rings (SSSR count). The van der Waals surface area contributed by atoms with Crippen LogP contribution in [0.2, 0.25) is 0 Å². The third-order valence-electron chi connectivity index (χ3n) is 3.24. The first-order chi connectivity index (χ1) is 10.8. The Labute approximate surface area is 140 Å². The lowest BCUT2D eigenvalue weighted by atomic mass is 10.1. The van der Waals surface area contributed by atoms with E-state index in [0.717, 1.165) is 5.56 Å². The molecule has 0 unspecified atom stereocenters. The first kappa shape index (κ1) is 17.6. The summed E-state index contributed by atoms with van der Waals surface area (Å²) in [6, 6.07) is 8.47. The monoisotopic (exact) mass is 338 g/mol. The lowest BCUT2D eigenvalue weighted by molar-refractivity contribution is -0.138. The molecule has 1 aliphatic rings. The molecule has 1 aromatic carbocycles. The highest BCUT2D eigenvalue weighted by molar-refractivity contribution is 8.00. The summed E-state index contributed by atoms with van der Waals surface area (Å²) in [6.07, 6.45) is -0.521. The highest BCUT2D eigenvalue weighted by Gasteiger charge is 2.36. The largest absolute Gasteiger partial charge is 0.480 e. The number of carbonyl (C=O) groups excluding carboxylic acids is 1. The van der Waals surface area contributed by atoms with Crippen LogP contribution in [0.5, 0.6) is 0 Å². The molecule has 1 saturated heterocycles. The molecular weight excluding hydrogens is 316 g/mol. The number of benzene rings is 1. The first-order valence-corrected chi connectivity index (χ1v) is 8.46. The van der Waals surface area contributed by atoms with Gasteiger partial charge in [-0.2, -0.15) is 0 Å². The van der Waals surface area contributed by atoms with Crippen LogP contribution in [0.1, 0.15) is 32.4 Å². The third-order valence-corrected chi connectivity index (χ3v) is 4.53. The number of ether oxygens (including phenoxy) is 1. The Bertz CT molecular complexity index is 559. The molecule has 0 aromatic heterocycles. The van der Waals surface area contributed by atoms with Gasteiger partial charge in [0.25, 0.3) is 0 Å². The summed E-state index contributed by atoms with van der Waals surface area (Å²) >= 11 is 1.48. The van der Waals surface area contributed by atoms with Gasteiger partial charge in [-0.05, 0) is 26.3 Å². The molecule has 3 atom stereocenters. The van der Waals surface area contributed by atoms with Crippen molar-refractivity contribution in [2.24, 2.45) is 0 Å². The second-order valence-electron chi connectivity index (χ2n) is 6.35. The van der Waals surface area contributed by atoms with Crippen LogP contribution in [0.15, 0.2) is 30.3 Å². The van der Waals surface area contributed by atoms with Crippen molar-refractivity contribution in [2.45, 2.75) is 43.8 Å². The van der Waals surface area contributed by atoms with Crippen LogP contribution < -0.4 is 10.6 Å². The average molecular weight is 338 g/mol. The summed E-state index contributed by atoms with van der Waals surface area (Å²) in [5, 5.41) is 14.8. The minimum atomic E-state index is -0.885. The Kier molecular flexibility index (Phi) is 5.54. The number of thioether (sulfide) groups is 1. The Morgan fingerprint density at radius 2 is 2.00 bits per heavy atom. The number of rotatable bonds is 4. The van der Waals surface area contributed by atoms with Gasteiger partial charge in [0.1, 0.15) is 11.6 Å². The first-order valence-electron chi connectivity index (χ1n) is 7.41. The summed E-state index contributed by atoms with van der Waals surface area (Å²) in [5.41, 5.74) is 0.305. The fourth-order valence-electron chi connectivity index (χ4n) is 2.26. The van der Waals surface area contributed by atoms with E-state index in [9.17, 15) is 9.59 Å². The molecule has 1 heterocycles. The molecule has 0 bridgehead atoms. The van der Waals surface area contributed by atoms with Crippen LogP contribution in [0, 0.1) is 0 Å². The van der Waals surface area contributed by atoms with E-state index in [1.54, 1.807) is 20.8 Å². The van der Waals surface area contributed by atoms with Crippen LogP contribution in [0.3, 0.4) is 0 Å². The van der Waals surface area contributed by atoms with Gasteiger partial charge in [-0.15, -0.1) is 11.8 Å². The molecular formula is C16H22N2O4S. The Morgan fingerprint density at radius 3 is 2.52 bits per heavy atom. The van der Waals surface area contributed by atoms with Gasteiger partial charge in [-0.25, -0.2) is 4.79 Å². The number of nitrogens with one attached hydrogen (secondary N) is 2. The highest BCUT2D eigenvalue weighted by atomic mass is 32.2. The van der Waals surface area contributed by atoms with Crippen molar-refractivity contribution in [3.05, 3.63) is 35.9 Å². The number of hydrogen-bond acceptors (Lipinski definition) is 5. The molecule has 0 saturated carbocycles. The molecule has 23 heavy (non-hydrogen) atoms. The van der Waals surface area contributed by atoms with Gasteiger partial charge >= 0.3 is 12.1 Å². The lowest BCUT2D eigenvalue weighted by Crippen LogP contribution is -2.45. The number of alkyl carbamates (subject to hydrolysis) is 1. The Hall–Kier alpha value is -1.73. The smallest absolute Gasteiger partial charge is 0.408 e. The maximum Gasteiger partial charge on any atom is 0.408 e. The lowest BCUT2D eigenvalue weighted by Gasteiger charge is -2.27. The minimum absolute atomic E-state index is 0.231. The molecule has 3 N–H and O–H groups in total. The number of carboxylic acid groups (broad SMARTS) is 1. The number of carboxylic acids is 1. The zero-order chi connectivity index (χ0) is 17.0. The Balaban J connectivity index is 2.14. The fourth-order valence-corrected chi connectivity index (χ4v) is 3.57. The van der Waals surface area contributed by atoms with Crippen LogP contribution in [0.25, 0.3) is 0 Å². The van der Waals surface area contributed by atoms with Gasteiger partial charge < -0.3 is 15.2 Å². The van der Waals surface area contributed by atoms with Gasteiger partial charge in [0.05, 0.1) is 11.4 Å². The van der Waals surface area contributed by atoms with Gasteiger partial charge in [0.2, 0.25) is 0 Å². The number of aliphatic carboxylic acids is 1. The maximum atomic E-state index is 12.1. The second-order valence-corrected chi connectivity index (χ2v) is 7.52. The van der Waals surface area contributed by atoms with E-state index in [2.05, 4.69) is 10.6 Å². The molecule has 7 heteroatoms. The van der Waals surface area contributed by atoms with E-state index >= 15 is 0 Å². The van der Waals surface area contributed by atoms with Crippen LogP contribution in [0.4, 0.5) is 4.79 Å². The summed E-state index contributed by atoms with van der Waals surface area (Å²) < 4.78 is 5.32. The van der Waals surface area contributed by atoms with Crippen molar-refractivity contribution in [3.63, 3.8) is 0 Å². The van der Waals surface area contributed by atoms with Crippen LogP contribution in [-0.2, 0) is 9.53 Å². The van der Waals surface area contributed by atoms with Gasteiger partial charge in [0.15, 0.2) is 0 Å². The second kappa shape index (κ2) is 7.23. The molecule has 1 fully saturated rings. The van der Waals surface area contributed by atoms with Crippen LogP contribution in [-0.4, -0.2) is 39.9 Å². The van der Waals surface area contributed by atoms with Crippen molar-refractivity contribution in [1.82, 2.24) is 10.6 Å². The minimum Gasteiger partial charge on any atom is -0.480 e. The molecule has 0 radical (unpaired) electrons. The quantitative estimate of drug-likeness (QED) is 0.781. The van der Waals surface area contributed by atoms with Gasteiger partial charge in [-0.1, -0.05) is 30.3 Å². The highest BCUT2D eigenvalue weighted by Crippen LogP contribution is 2.30. The summed E-state index contributed by atoms with van der Waals surface area (Å²) in [5.74, 6) is -0.427. The third kappa shape index (κ3) is 5.14. The Morgan fingerprint density at radius 1 is 1.35 bits per heavy atom. The van der Waals surface area contributed by atoms with Gasteiger partial charge in [-0.3, -0.25) is 10.1 Å². The zero-order valence-electron chi connectivity index (χ0n) is 13.4. The van der Waals surface area contributed by atoms with Crippen molar-refractivity contribution >= 4 is 23.8 Å². The molecule has 0 aliphatic carbocycles. The van der Waals surface area contributed by atoms with E-state index < -0.39 is 23.7 Å². The number of amides is 1. The maximum absolute atomic E-state index is 12.1. The normalized spacial score (nSPS) is 22.4. The molecule has 6 nitrogen and oxygen atoms in total. The number of carbonyl (C=O) groups is 2. The molecule has 0 spiro atoms. The van der Waals surface area contributed by atoms with E-state index in [0.29, 0.717) is 5.75 Å². The molecule has 1 amide bonds. The summed E-state index contributed by atoms with van der Waals surface area (Å²) in [7, 11) is 0. The van der Waals surface area contributed by atoms with Crippen molar-refractivity contribution < 1.29 is 19.4 Å². The van der Waals surface area contributed by atoms with E-state index in [1.807, 2.05) is 30.3 Å². The van der Waals surface area contributed by atoms with E-state index in [4.69, 9.17) is 9.84 Å². The predicted octanol–water partition coefficient (Wildman–Crippen LogP) is 2.37. The molecule has 1 aromatic rings. The fraction of sp³-hybridized carbons (Fsp3) is 0.500. The summed E-state index contributed by atoms with van der Waals surface area (Å²) in [6.45, 7) is 5.40. The SMILES string of the molecule is CC(C)(C)OC(=O)N[C@H](c1ccccc1)[C@@H]1N[C@H](C(=O)O)CS1. The predicted molar refractivity (Wildman–Crippen MR) is 89.4 cm³/mol. The number of hydrogen-bond donors (Lipinski definition) is 3. The van der Waals surface area contributed by atoms with E-state index in [-0.39, 0.29) is 11.4 Å². The summed E-state index contributed by atoms with van der Waals surface area (Å²) in [4.78, 5) is 23.3. The zero-order valence-corrected chi connectivity index (χ0v) is 14.2. The molecule has 1 aliphatic heterocycles. The topological polar surface area (TPSA) is 87.7 Å². The van der Waals surface area contributed by atoms with Crippen molar-refractivity contribution in [1.29, 1.82) is 0 Å². The molecule has 126 valence electrons. The standard InChI is InChI=1S/C16H22N2O4S/c1-16(2,3)22-15(21)18-12(10-7-5-4-6-8-10)13-17-11(9-23-13)14(19)20/h4-8,11-13,17H,9H2,1-3H3,(H,18,21)(H,19,20)/t11-,12+,13+/m0/s1. The van der Waals surface area contributed by atoms with Crippen LogP contribution >= 0.6 is 11.8 Å². The van der Waals surface area contributed by atoms with Crippen molar-refractivity contribution in [2.75, 3.05) is 5.75 Å². The van der Waals surface area contributed by atoms with E-state index in [1.165, 1.54) is 11.8 Å². The average Bonchev–Trinajstić information content (AvgIpc) is 2.93. The van der Waals surface area contributed by atoms with Gasteiger partial charge in [0, 0.05) is 5.75 Å². The van der Waals surface area contributed by atoms with Crippen molar-refractivity contribution in [3.8, 4) is 0 Å².